The normalized spacial score (nSPS) is 11.9. The Morgan fingerprint density at radius 2 is 2.15 bits per heavy atom. The molecular weight excluding hydrogens is 263 g/mol. The number of rotatable bonds is 9. The van der Waals surface area contributed by atoms with E-state index in [9.17, 15) is 9.50 Å². The first-order valence-electron chi connectivity index (χ1n) is 6.44. The third-order valence-corrected chi connectivity index (χ3v) is 2.51. The van der Waals surface area contributed by atoms with Gasteiger partial charge < -0.3 is 19.9 Å². The summed E-state index contributed by atoms with van der Waals surface area (Å²) < 4.78 is 23.4. The van der Waals surface area contributed by atoms with Crippen LogP contribution in [0.15, 0.2) is 18.2 Å². The number of ether oxygens (including phenoxy) is 2. The van der Waals surface area contributed by atoms with Gasteiger partial charge in [0.2, 0.25) is 0 Å². The monoisotopic (exact) mass is 282 g/mol. The Morgan fingerprint density at radius 3 is 2.85 bits per heavy atom. The van der Waals surface area contributed by atoms with Crippen LogP contribution in [0.4, 0.5) is 10.1 Å². The van der Waals surface area contributed by atoms with Crippen molar-refractivity contribution >= 4 is 5.69 Å². The fourth-order valence-electron chi connectivity index (χ4n) is 1.50. The Hall–Kier alpha value is -1.68. The molecule has 0 aromatic heterocycles. The largest absolute Gasteiger partial charge is 0.389 e. The number of hydrogen-bond acceptors (Lipinski definition) is 5. The van der Waals surface area contributed by atoms with Crippen LogP contribution < -0.4 is 5.32 Å². The van der Waals surface area contributed by atoms with E-state index < -0.39 is 11.9 Å². The van der Waals surface area contributed by atoms with Gasteiger partial charge in [-0.3, -0.25) is 0 Å². The van der Waals surface area contributed by atoms with Crippen molar-refractivity contribution < 1.29 is 19.0 Å². The molecule has 5 nitrogen and oxygen atoms in total. The van der Waals surface area contributed by atoms with E-state index in [1.807, 2.05) is 6.92 Å². The molecule has 0 fully saturated rings. The SMILES string of the molecule is CCOCCOCC(O)CNc1ccc(F)c(C#N)c1. The van der Waals surface area contributed by atoms with E-state index in [2.05, 4.69) is 5.32 Å². The predicted molar refractivity (Wildman–Crippen MR) is 72.9 cm³/mol. The molecule has 0 aliphatic rings. The van der Waals surface area contributed by atoms with E-state index in [1.54, 1.807) is 6.07 Å². The van der Waals surface area contributed by atoms with Gasteiger partial charge in [0.05, 0.1) is 31.5 Å². The highest BCUT2D eigenvalue weighted by atomic mass is 19.1. The van der Waals surface area contributed by atoms with Gasteiger partial charge in [-0.25, -0.2) is 4.39 Å². The van der Waals surface area contributed by atoms with Gasteiger partial charge >= 0.3 is 0 Å². The zero-order valence-corrected chi connectivity index (χ0v) is 11.4. The minimum absolute atomic E-state index is 0.0301. The standard InChI is InChI=1S/C14H19FN2O3/c1-2-19-5-6-20-10-13(18)9-17-12-3-4-14(15)11(7-12)8-16/h3-4,7,13,17-18H,2,5-6,9-10H2,1H3. The number of nitrogens with one attached hydrogen (secondary N) is 1. The molecule has 0 aliphatic carbocycles. The summed E-state index contributed by atoms with van der Waals surface area (Å²) in [4.78, 5) is 0. The molecule has 0 saturated heterocycles. The average Bonchev–Trinajstić information content (AvgIpc) is 2.46. The lowest BCUT2D eigenvalue weighted by Gasteiger charge is -2.13. The maximum absolute atomic E-state index is 13.1. The summed E-state index contributed by atoms with van der Waals surface area (Å²) >= 11 is 0. The zero-order chi connectivity index (χ0) is 14.8. The fraction of sp³-hybridized carbons (Fsp3) is 0.500. The first kappa shape index (κ1) is 16.4. The lowest BCUT2D eigenvalue weighted by molar-refractivity contribution is 0.0103. The van der Waals surface area contributed by atoms with Gasteiger partial charge in [-0.15, -0.1) is 0 Å². The Labute approximate surface area is 117 Å². The van der Waals surface area contributed by atoms with Crippen LogP contribution in [-0.4, -0.2) is 44.2 Å². The van der Waals surface area contributed by atoms with E-state index in [1.165, 1.54) is 18.2 Å². The molecule has 0 bridgehead atoms. The molecule has 2 N–H and O–H groups in total. The van der Waals surface area contributed by atoms with Crippen LogP contribution in [0, 0.1) is 17.1 Å². The van der Waals surface area contributed by atoms with E-state index in [-0.39, 0.29) is 18.7 Å². The van der Waals surface area contributed by atoms with Gasteiger partial charge in [0.1, 0.15) is 11.9 Å². The molecule has 0 heterocycles. The van der Waals surface area contributed by atoms with Crippen molar-refractivity contribution in [2.45, 2.75) is 13.0 Å². The number of nitrogens with zero attached hydrogens (tertiary/aromatic N) is 1. The minimum atomic E-state index is -0.688. The summed E-state index contributed by atoms with van der Waals surface area (Å²) in [6.07, 6.45) is -0.688. The van der Waals surface area contributed by atoms with E-state index in [4.69, 9.17) is 14.7 Å². The maximum Gasteiger partial charge on any atom is 0.141 e. The van der Waals surface area contributed by atoms with Crippen LogP contribution in [0.25, 0.3) is 0 Å². The van der Waals surface area contributed by atoms with E-state index in [0.717, 1.165) is 0 Å². The van der Waals surface area contributed by atoms with E-state index >= 15 is 0 Å². The lowest BCUT2D eigenvalue weighted by atomic mass is 10.2. The molecule has 0 amide bonds. The predicted octanol–water partition coefficient (Wildman–Crippen LogP) is 1.52. The maximum atomic E-state index is 13.1. The van der Waals surface area contributed by atoms with Gasteiger partial charge in [0.15, 0.2) is 0 Å². The first-order chi connectivity index (χ1) is 9.67. The summed E-state index contributed by atoms with van der Waals surface area (Å²) in [5, 5.41) is 21.3. The third-order valence-electron chi connectivity index (χ3n) is 2.51. The van der Waals surface area contributed by atoms with Crippen molar-refractivity contribution in [3.05, 3.63) is 29.6 Å². The van der Waals surface area contributed by atoms with Gasteiger partial charge in [-0.2, -0.15) is 5.26 Å². The zero-order valence-electron chi connectivity index (χ0n) is 11.4. The summed E-state index contributed by atoms with van der Waals surface area (Å²) in [5.74, 6) is -0.558. The Balaban J connectivity index is 2.27. The van der Waals surface area contributed by atoms with E-state index in [0.29, 0.717) is 25.5 Å². The van der Waals surface area contributed by atoms with Crippen molar-refractivity contribution in [1.82, 2.24) is 0 Å². The third kappa shape index (κ3) is 5.97. The van der Waals surface area contributed by atoms with Crippen LogP contribution in [0.3, 0.4) is 0 Å². The number of anilines is 1. The van der Waals surface area contributed by atoms with Crippen molar-refractivity contribution in [3.63, 3.8) is 0 Å². The highest BCUT2D eigenvalue weighted by Crippen LogP contribution is 2.13. The lowest BCUT2D eigenvalue weighted by Crippen LogP contribution is -2.25. The molecule has 110 valence electrons. The van der Waals surface area contributed by atoms with Gasteiger partial charge in [-0.1, -0.05) is 0 Å². The molecule has 1 atom stereocenters. The van der Waals surface area contributed by atoms with Crippen molar-refractivity contribution in [2.75, 3.05) is 38.3 Å². The molecule has 0 spiro atoms. The molecule has 0 radical (unpaired) electrons. The minimum Gasteiger partial charge on any atom is -0.389 e. The Kier molecular flexibility index (Phi) is 7.58. The number of aliphatic hydroxyl groups is 1. The number of aliphatic hydroxyl groups excluding tert-OH is 1. The molecule has 6 heteroatoms. The highest BCUT2D eigenvalue weighted by molar-refractivity contribution is 5.49. The van der Waals surface area contributed by atoms with Crippen molar-refractivity contribution in [1.29, 1.82) is 5.26 Å². The average molecular weight is 282 g/mol. The molecule has 0 saturated carbocycles. The van der Waals surface area contributed by atoms with Crippen LogP contribution in [0.2, 0.25) is 0 Å². The number of benzene rings is 1. The topological polar surface area (TPSA) is 74.5 Å². The second-order valence-electron chi connectivity index (χ2n) is 4.11. The van der Waals surface area contributed by atoms with Crippen molar-refractivity contribution in [2.24, 2.45) is 0 Å². The molecule has 1 aromatic carbocycles. The second-order valence-corrected chi connectivity index (χ2v) is 4.11. The smallest absolute Gasteiger partial charge is 0.141 e. The number of hydrogen-bond donors (Lipinski definition) is 2. The molecular formula is C14H19FN2O3. The quantitative estimate of drug-likeness (QED) is 0.672. The van der Waals surface area contributed by atoms with Gasteiger partial charge in [0.25, 0.3) is 0 Å². The number of nitriles is 1. The molecule has 20 heavy (non-hydrogen) atoms. The van der Waals surface area contributed by atoms with Gasteiger partial charge in [-0.05, 0) is 25.1 Å². The van der Waals surface area contributed by atoms with Crippen LogP contribution in [0.1, 0.15) is 12.5 Å². The van der Waals surface area contributed by atoms with Crippen LogP contribution in [0.5, 0.6) is 0 Å². The second kappa shape index (κ2) is 9.26. The van der Waals surface area contributed by atoms with Gasteiger partial charge in [0, 0.05) is 18.8 Å². The van der Waals surface area contributed by atoms with Crippen LogP contribution >= 0.6 is 0 Å². The Bertz CT molecular complexity index is 449. The first-order valence-corrected chi connectivity index (χ1v) is 6.44. The summed E-state index contributed by atoms with van der Waals surface area (Å²) in [6, 6.07) is 5.89. The van der Waals surface area contributed by atoms with Crippen molar-refractivity contribution in [3.8, 4) is 6.07 Å². The molecule has 1 rings (SSSR count). The number of halogens is 1. The summed E-state index contributed by atoms with van der Waals surface area (Å²) in [6.45, 7) is 3.91. The molecule has 0 aliphatic heterocycles. The fourth-order valence-corrected chi connectivity index (χ4v) is 1.50. The molecule has 1 aromatic rings. The summed E-state index contributed by atoms with van der Waals surface area (Å²) in [7, 11) is 0. The molecule has 1 unspecified atom stereocenters. The Morgan fingerprint density at radius 1 is 1.40 bits per heavy atom. The highest BCUT2D eigenvalue weighted by Gasteiger charge is 2.06. The summed E-state index contributed by atoms with van der Waals surface area (Å²) in [5.41, 5.74) is 0.550. The van der Waals surface area contributed by atoms with Crippen LogP contribution in [-0.2, 0) is 9.47 Å².